The summed E-state index contributed by atoms with van der Waals surface area (Å²) >= 11 is 0. The van der Waals surface area contributed by atoms with Crippen LogP contribution >= 0.6 is 0 Å². The van der Waals surface area contributed by atoms with E-state index in [1.807, 2.05) is 0 Å². The molecule has 1 unspecified atom stereocenters. The van der Waals surface area contributed by atoms with Gasteiger partial charge in [0.15, 0.2) is 0 Å². The molecule has 1 heterocycles. The average Bonchev–Trinajstić information content (AvgIpc) is 2.71. The van der Waals surface area contributed by atoms with Crippen LogP contribution in [0.2, 0.25) is 0 Å². The standard InChI is InChI=1S/C10H9N3O2S/c1-2-7(11)6-4-3-5-8-9(6)10(13-12-8)16(14)15/h2-5,7H,1,11H2. The maximum Gasteiger partial charge on any atom is 0.242 e. The molecule has 1 aromatic rings. The van der Waals surface area contributed by atoms with E-state index < -0.39 is 16.3 Å². The summed E-state index contributed by atoms with van der Waals surface area (Å²) in [5.74, 6) is 0. The van der Waals surface area contributed by atoms with Crippen molar-refractivity contribution in [1.82, 2.24) is 0 Å². The number of fused-ring (bicyclic) bond motifs is 1. The minimum atomic E-state index is -2.41. The molecule has 1 aromatic carbocycles. The van der Waals surface area contributed by atoms with E-state index in [1.54, 1.807) is 24.3 Å². The minimum Gasteiger partial charge on any atom is -0.321 e. The highest BCUT2D eigenvalue weighted by atomic mass is 32.2. The van der Waals surface area contributed by atoms with E-state index in [-0.39, 0.29) is 4.99 Å². The van der Waals surface area contributed by atoms with Crippen LogP contribution in [0, 0.1) is 0 Å². The smallest absolute Gasteiger partial charge is 0.242 e. The molecule has 0 aromatic heterocycles. The maximum atomic E-state index is 11.0. The first-order valence-corrected chi connectivity index (χ1v) is 5.62. The summed E-state index contributed by atoms with van der Waals surface area (Å²) in [4.78, 5) is -0.0668. The molecule has 2 rings (SSSR count). The van der Waals surface area contributed by atoms with E-state index in [1.165, 1.54) is 0 Å². The third-order valence-corrected chi connectivity index (χ3v) is 2.91. The third kappa shape index (κ3) is 1.58. The largest absolute Gasteiger partial charge is 0.321 e. The molecule has 2 N–H and O–H groups in total. The fourth-order valence-corrected chi connectivity index (χ4v) is 2.04. The lowest BCUT2D eigenvalue weighted by Gasteiger charge is -2.09. The van der Waals surface area contributed by atoms with Crippen molar-refractivity contribution in [3.8, 4) is 0 Å². The highest BCUT2D eigenvalue weighted by Crippen LogP contribution is 2.32. The van der Waals surface area contributed by atoms with Gasteiger partial charge in [0.2, 0.25) is 15.3 Å². The van der Waals surface area contributed by atoms with Crippen LogP contribution in [0.1, 0.15) is 17.2 Å². The Balaban J connectivity index is 2.76. The van der Waals surface area contributed by atoms with Crippen LogP contribution in [0.25, 0.3) is 0 Å². The van der Waals surface area contributed by atoms with E-state index in [9.17, 15) is 8.42 Å². The number of azo groups is 1. The second-order valence-electron chi connectivity index (χ2n) is 3.24. The Morgan fingerprint density at radius 3 is 2.75 bits per heavy atom. The van der Waals surface area contributed by atoms with E-state index >= 15 is 0 Å². The van der Waals surface area contributed by atoms with Gasteiger partial charge < -0.3 is 5.73 Å². The summed E-state index contributed by atoms with van der Waals surface area (Å²) in [7, 11) is -2.41. The first kappa shape index (κ1) is 10.7. The van der Waals surface area contributed by atoms with Crippen molar-refractivity contribution in [3.05, 3.63) is 42.0 Å². The first-order valence-electron chi connectivity index (χ1n) is 4.54. The number of benzene rings is 1. The molecule has 0 amide bonds. The lowest BCUT2D eigenvalue weighted by molar-refractivity contribution is 0.627. The highest BCUT2D eigenvalue weighted by Gasteiger charge is 2.22. The monoisotopic (exact) mass is 235 g/mol. The Bertz CT molecular complexity index is 609. The predicted molar refractivity (Wildman–Crippen MR) is 61.1 cm³/mol. The van der Waals surface area contributed by atoms with E-state index in [2.05, 4.69) is 16.8 Å². The van der Waals surface area contributed by atoms with Gasteiger partial charge in [0.25, 0.3) is 0 Å². The van der Waals surface area contributed by atoms with Gasteiger partial charge >= 0.3 is 0 Å². The van der Waals surface area contributed by atoms with Crippen LogP contribution in [-0.4, -0.2) is 13.4 Å². The topological polar surface area (TPSA) is 84.9 Å². The van der Waals surface area contributed by atoms with Gasteiger partial charge in [-0.05, 0) is 11.6 Å². The summed E-state index contributed by atoms with van der Waals surface area (Å²) in [5.41, 5.74) is 7.48. The van der Waals surface area contributed by atoms with Crippen molar-refractivity contribution in [2.24, 2.45) is 16.0 Å². The lowest BCUT2D eigenvalue weighted by Crippen LogP contribution is -2.11. The maximum absolute atomic E-state index is 11.0. The van der Waals surface area contributed by atoms with Crippen LogP contribution in [-0.2, 0) is 10.3 Å². The van der Waals surface area contributed by atoms with Gasteiger partial charge in [-0.3, -0.25) is 0 Å². The summed E-state index contributed by atoms with van der Waals surface area (Å²) in [5, 5.41) is 7.40. The molecule has 16 heavy (non-hydrogen) atoms. The SMILES string of the molecule is C=CC(N)c1cccc2c1C(=S(=O)=O)N=N2. The third-order valence-electron chi connectivity index (χ3n) is 2.31. The first-order chi connectivity index (χ1) is 7.65. The molecular formula is C10H9N3O2S. The van der Waals surface area contributed by atoms with Crippen LogP contribution in [0.5, 0.6) is 0 Å². The van der Waals surface area contributed by atoms with E-state index in [4.69, 9.17) is 5.73 Å². The molecule has 0 radical (unpaired) electrons. The number of nitrogens with zero attached hydrogens (tertiary/aromatic N) is 2. The summed E-state index contributed by atoms with van der Waals surface area (Å²) < 4.78 is 21.9. The molecule has 82 valence electrons. The van der Waals surface area contributed by atoms with Crippen LogP contribution in [0.3, 0.4) is 0 Å². The molecule has 1 atom stereocenters. The van der Waals surface area contributed by atoms with Gasteiger partial charge in [-0.2, -0.15) is 8.42 Å². The number of hydrogen-bond donors (Lipinski definition) is 1. The fraction of sp³-hybridized carbons (Fsp3) is 0.100. The normalized spacial score (nSPS) is 14.7. The quantitative estimate of drug-likeness (QED) is 0.619. The van der Waals surface area contributed by atoms with Crippen molar-refractivity contribution in [2.45, 2.75) is 6.04 Å². The second kappa shape index (κ2) is 3.99. The molecule has 0 spiro atoms. The zero-order chi connectivity index (χ0) is 11.7. The zero-order valence-electron chi connectivity index (χ0n) is 8.29. The Kier molecular flexibility index (Phi) is 2.67. The zero-order valence-corrected chi connectivity index (χ0v) is 9.11. The van der Waals surface area contributed by atoms with Crippen molar-refractivity contribution in [2.75, 3.05) is 0 Å². The van der Waals surface area contributed by atoms with Gasteiger partial charge in [0.05, 0.1) is 11.3 Å². The van der Waals surface area contributed by atoms with Gasteiger partial charge in [0, 0.05) is 6.04 Å². The van der Waals surface area contributed by atoms with Crippen molar-refractivity contribution < 1.29 is 8.42 Å². The second-order valence-corrected chi connectivity index (χ2v) is 4.10. The van der Waals surface area contributed by atoms with E-state index in [0.29, 0.717) is 16.8 Å². The van der Waals surface area contributed by atoms with E-state index in [0.717, 1.165) is 0 Å². The van der Waals surface area contributed by atoms with Crippen LogP contribution in [0.4, 0.5) is 5.69 Å². The number of rotatable bonds is 2. The molecule has 5 nitrogen and oxygen atoms in total. The van der Waals surface area contributed by atoms with Crippen molar-refractivity contribution in [3.63, 3.8) is 0 Å². The van der Waals surface area contributed by atoms with Gasteiger partial charge in [-0.15, -0.1) is 16.8 Å². The van der Waals surface area contributed by atoms with Gasteiger partial charge in [-0.25, -0.2) is 0 Å². The van der Waals surface area contributed by atoms with Crippen molar-refractivity contribution >= 4 is 21.0 Å². The summed E-state index contributed by atoms with van der Waals surface area (Å²) in [6, 6.07) is 4.76. The van der Waals surface area contributed by atoms with Crippen LogP contribution < -0.4 is 5.73 Å². The summed E-state index contributed by atoms with van der Waals surface area (Å²) in [6.45, 7) is 3.58. The number of hydrogen-bond acceptors (Lipinski definition) is 4. The molecule has 6 heteroatoms. The molecule has 0 bridgehead atoms. The molecule has 1 aliphatic heterocycles. The Labute approximate surface area is 93.8 Å². The predicted octanol–water partition coefficient (Wildman–Crippen LogP) is 1.33. The van der Waals surface area contributed by atoms with Gasteiger partial charge in [0.1, 0.15) is 0 Å². The minimum absolute atomic E-state index is 0.0668. The lowest BCUT2D eigenvalue weighted by atomic mass is 10.00. The summed E-state index contributed by atoms with van der Waals surface area (Å²) in [6.07, 6.45) is 1.54. The fourth-order valence-electron chi connectivity index (χ4n) is 1.54. The molecule has 1 aliphatic rings. The van der Waals surface area contributed by atoms with Crippen molar-refractivity contribution in [1.29, 1.82) is 0 Å². The number of nitrogens with two attached hydrogens (primary N) is 1. The molecule has 0 saturated carbocycles. The van der Waals surface area contributed by atoms with Gasteiger partial charge in [-0.1, -0.05) is 18.2 Å². The van der Waals surface area contributed by atoms with Crippen LogP contribution in [0.15, 0.2) is 41.1 Å². The molecule has 0 aliphatic carbocycles. The Morgan fingerprint density at radius 1 is 1.38 bits per heavy atom. The Morgan fingerprint density at radius 2 is 2.12 bits per heavy atom. The highest BCUT2D eigenvalue weighted by molar-refractivity contribution is 7.73. The Hall–Kier alpha value is -1.79. The molecule has 0 saturated heterocycles. The molecule has 0 fully saturated rings. The molecular weight excluding hydrogens is 226 g/mol. The average molecular weight is 235 g/mol.